The van der Waals surface area contributed by atoms with E-state index in [1.807, 2.05) is 0 Å². The van der Waals surface area contributed by atoms with Crippen LogP contribution in [-0.4, -0.2) is 0 Å². The fourth-order valence-corrected chi connectivity index (χ4v) is 2.86. The molecule has 0 amide bonds. The van der Waals surface area contributed by atoms with Crippen molar-refractivity contribution in [2.45, 2.75) is 58.3 Å². The topological polar surface area (TPSA) is 0 Å². The molecule has 122 valence electrons. The van der Waals surface area contributed by atoms with Crippen LogP contribution in [0.5, 0.6) is 0 Å². The molecular weight excluding hydrogens is 276 g/mol. The first kappa shape index (κ1) is 17.5. The van der Waals surface area contributed by atoms with Crippen LogP contribution < -0.4 is 0 Å². The zero-order valence-corrected chi connectivity index (χ0v) is 14.9. The highest BCUT2D eigenvalue weighted by atomic mass is 14.2. The van der Waals surface area contributed by atoms with E-state index in [1.54, 1.807) is 0 Å². The van der Waals surface area contributed by atoms with Crippen LogP contribution in [0.4, 0.5) is 0 Å². The van der Waals surface area contributed by atoms with Crippen molar-refractivity contribution in [1.82, 2.24) is 0 Å². The van der Waals surface area contributed by atoms with Crippen molar-refractivity contribution in [3.05, 3.63) is 83.4 Å². The molecular formula is C23H30. The van der Waals surface area contributed by atoms with E-state index in [2.05, 4.69) is 87.5 Å². The lowest BCUT2D eigenvalue weighted by molar-refractivity contribution is 0.662. The average Bonchev–Trinajstić information content (AvgIpc) is 2.58. The van der Waals surface area contributed by atoms with Crippen LogP contribution >= 0.6 is 0 Å². The zero-order chi connectivity index (χ0) is 16.5. The number of unbranched alkanes of at least 4 members (excludes halogenated alkanes) is 2. The maximum Gasteiger partial charge on any atom is 0.00754 e. The van der Waals surface area contributed by atoms with E-state index in [-0.39, 0.29) is 5.41 Å². The highest BCUT2D eigenvalue weighted by Gasteiger charge is 2.16. The normalized spacial score (nSPS) is 12.0. The Morgan fingerprint density at radius 1 is 0.870 bits per heavy atom. The molecule has 0 nitrogen and oxygen atoms in total. The number of hydrogen-bond donors (Lipinski definition) is 0. The molecule has 0 aliphatic rings. The number of rotatable bonds is 8. The van der Waals surface area contributed by atoms with Crippen LogP contribution in [0.15, 0.2) is 66.7 Å². The van der Waals surface area contributed by atoms with Gasteiger partial charge >= 0.3 is 0 Å². The predicted octanol–water partition coefficient (Wildman–Crippen LogP) is 6.50. The van der Waals surface area contributed by atoms with E-state index >= 15 is 0 Å². The molecule has 2 aromatic carbocycles. The summed E-state index contributed by atoms with van der Waals surface area (Å²) in [5.74, 6) is 0. The van der Waals surface area contributed by atoms with Crippen molar-refractivity contribution < 1.29 is 0 Å². The Hall–Kier alpha value is -1.82. The van der Waals surface area contributed by atoms with E-state index < -0.39 is 0 Å². The Bertz CT molecular complexity index is 605. The standard InChI is InChI=1S/C23H30/c1-4-5-6-10-18-23(2,3)22-15-11-14-21(19-22)17-16-20-12-8-7-9-13-20/h7-15,18-19H,4-6,16-17H2,1-3H3/b18-10+. The van der Waals surface area contributed by atoms with Crippen LogP contribution in [0.1, 0.15) is 56.7 Å². The zero-order valence-electron chi connectivity index (χ0n) is 14.9. The molecule has 0 aliphatic carbocycles. The highest BCUT2D eigenvalue weighted by molar-refractivity contribution is 5.33. The first-order valence-electron chi connectivity index (χ1n) is 8.93. The molecule has 0 aromatic heterocycles. The van der Waals surface area contributed by atoms with Crippen LogP contribution in [0.3, 0.4) is 0 Å². The minimum absolute atomic E-state index is 0.108. The van der Waals surface area contributed by atoms with Gasteiger partial charge in [-0.05, 0) is 36.0 Å². The van der Waals surface area contributed by atoms with Gasteiger partial charge in [0.2, 0.25) is 0 Å². The van der Waals surface area contributed by atoms with Gasteiger partial charge in [0.15, 0.2) is 0 Å². The molecule has 0 fully saturated rings. The summed E-state index contributed by atoms with van der Waals surface area (Å²) in [6.45, 7) is 6.87. The Morgan fingerprint density at radius 3 is 2.30 bits per heavy atom. The predicted molar refractivity (Wildman–Crippen MR) is 102 cm³/mol. The van der Waals surface area contributed by atoms with Gasteiger partial charge in [-0.15, -0.1) is 0 Å². The molecule has 0 saturated carbocycles. The number of benzene rings is 2. The van der Waals surface area contributed by atoms with Crippen LogP contribution in [0, 0.1) is 0 Å². The summed E-state index contributed by atoms with van der Waals surface area (Å²) >= 11 is 0. The number of aryl methyl sites for hydroxylation is 2. The van der Waals surface area contributed by atoms with Crippen molar-refractivity contribution in [2.75, 3.05) is 0 Å². The first-order chi connectivity index (χ1) is 11.1. The third-order valence-electron chi connectivity index (χ3n) is 4.48. The maximum atomic E-state index is 2.38. The second-order valence-electron chi connectivity index (χ2n) is 6.95. The van der Waals surface area contributed by atoms with Crippen molar-refractivity contribution in [3.8, 4) is 0 Å². The lowest BCUT2D eigenvalue weighted by atomic mass is 9.83. The van der Waals surface area contributed by atoms with Crippen LogP contribution in [-0.2, 0) is 18.3 Å². The molecule has 0 saturated heterocycles. The fourth-order valence-electron chi connectivity index (χ4n) is 2.86. The largest absolute Gasteiger partial charge is 0.0877 e. The smallest absolute Gasteiger partial charge is 0.00754 e. The van der Waals surface area contributed by atoms with E-state index in [0.717, 1.165) is 12.8 Å². The molecule has 23 heavy (non-hydrogen) atoms. The van der Waals surface area contributed by atoms with Gasteiger partial charge in [0.25, 0.3) is 0 Å². The minimum Gasteiger partial charge on any atom is -0.0877 e. The Kier molecular flexibility index (Phi) is 6.65. The molecule has 0 atom stereocenters. The van der Waals surface area contributed by atoms with E-state index in [0.29, 0.717) is 0 Å². The Labute approximate surface area is 142 Å². The van der Waals surface area contributed by atoms with Gasteiger partial charge in [-0.1, -0.05) is 100 Å². The quantitative estimate of drug-likeness (QED) is 0.386. The monoisotopic (exact) mass is 306 g/mol. The van der Waals surface area contributed by atoms with E-state index in [1.165, 1.54) is 36.0 Å². The Balaban J connectivity index is 2.02. The highest BCUT2D eigenvalue weighted by Crippen LogP contribution is 2.26. The lowest BCUT2D eigenvalue weighted by Gasteiger charge is -2.22. The van der Waals surface area contributed by atoms with Gasteiger partial charge in [-0.2, -0.15) is 0 Å². The second kappa shape index (κ2) is 8.72. The van der Waals surface area contributed by atoms with Gasteiger partial charge in [0.1, 0.15) is 0 Å². The average molecular weight is 306 g/mol. The summed E-state index contributed by atoms with van der Waals surface area (Å²) in [5, 5.41) is 0. The van der Waals surface area contributed by atoms with Gasteiger partial charge in [-0.3, -0.25) is 0 Å². The molecule has 0 heterocycles. The van der Waals surface area contributed by atoms with Crippen LogP contribution in [0.25, 0.3) is 0 Å². The molecule has 0 unspecified atom stereocenters. The third kappa shape index (κ3) is 5.71. The molecule has 2 rings (SSSR count). The fraction of sp³-hybridized carbons (Fsp3) is 0.391. The molecule has 2 aromatic rings. The van der Waals surface area contributed by atoms with Crippen molar-refractivity contribution in [3.63, 3.8) is 0 Å². The first-order valence-corrected chi connectivity index (χ1v) is 8.93. The minimum atomic E-state index is 0.108. The van der Waals surface area contributed by atoms with E-state index in [4.69, 9.17) is 0 Å². The molecule has 0 aliphatic heterocycles. The lowest BCUT2D eigenvalue weighted by Crippen LogP contribution is -2.13. The van der Waals surface area contributed by atoms with E-state index in [9.17, 15) is 0 Å². The molecule has 0 bridgehead atoms. The molecule has 0 heteroatoms. The third-order valence-corrected chi connectivity index (χ3v) is 4.48. The van der Waals surface area contributed by atoms with Crippen molar-refractivity contribution in [1.29, 1.82) is 0 Å². The number of allylic oxidation sites excluding steroid dienone is 2. The summed E-state index contributed by atoms with van der Waals surface area (Å²) in [6.07, 6.45) is 10.7. The maximum absolute atomic E-state index is 2.38. The molecule has 0 radical (unpaired) electrons. The summed E-state index contributed by atoms with van der Waals surface area (Å²) in [7, 11) is 0. The van der Waals surface area contributed by atoms with Gasteiger partial charge in [-0.25, -0.2) is 0 Å². The Morgan fingerprint density at radius 2 is 1.57 bits per heavy atom. The summed E-state index contributed by atoms with van der Waals surface area (Å²) in [6, 6.07) is 19.8. The van der Waals surface area contributed by atoms with Crippen LogP contribution in [0.2, 0.25) is 0 Å². The van der Waals surface area contributed by atoms with Crippen molar-refractivity contribution in [2.24, 2.45) is 0 Å². The summed E-state index contributed by atoms with van der Waals surface area (Å²) < 4.78 is 0. The van der Waals surface area contributed by atoms with Gasteiger partial charge in [0.05, 0.1) is 0 Å². The summed E-state index contributed by atoms with van der Waals surface area (Å²) in [4.78, 5) is 0. The molecule has 0 spiro atoms. The number of hydrogen-bond acceptors (Lipinski definition) is 0. The SMILES string of the molecule is CCCC/C=C/C(C)(C)c1cccc(CCc2ccccc2)c1. The van der Waals surface area contributed by atoms with Gasteiger partial charge < -0.3 is 0 Å². The summed E-state index contributed by atoms with van der Waals surface area (Å²) in [5.41, 5.74) is 4.37. The van der Waals surface area contributed by atoms with Gasteiger partial charge in [0, 0.05) is 5.41 Å². The molecule has 0 N–H and O–H groups in total. The second-order valence-corrected chi connectivity index (χ2v) is 6.95. The van der Waals surface area contributed by atoms with Crippen molar-refractivity contribution >= 4 is 0 Å².